The Labute approximate surface area is 171 Å². The molecule has 0 spiro atoms. The third kappa shape index (κ3) is 2.79. The number of rotatable bonds is 2. The summed E-state index contributed by atoms with van der Waals surface area (Å²) in [6.07, 6.45) is 2.96. The molecule has 4 heteroatoms. The monoisotopic (exact) mass is 435 g/mol. The Bertz CT molecular complexity index is 1210. The minimum Gasteiger partial charge on any atom is -0.463 e. The Morgan fingerprint density at radius 1 is 1.00 bits per heavy atom. The van der Waals surface area contributed by atoms with Crippen LogP contribution in [0, 0.1) is 0 Å². The number of hydrogen-bond acceptors (Lipinski definition) is 2. The van der Waals surface area contributed by atoms with Gasteiger partial charge in [0.05, 0.1) is 15.8 Å². The number of benzene rings is 3. The lowest BCUT2D eigenvalue weighted by atomic mass is 10.0. The number of aryl methyl sites for hydroxylation is 1. The summed E-state index contributed by atoms with van der Waals surface area (Å²) in [5, 5.41) is 5.00. The second-order valence-electron chi connectivity index (χ2n) is 6.71. The molecule has 0 radical (unpaired) electrons. The molecule has 0 fully saturated rings. The van der Waals surface area contributed by atoms with Gasteiger partial charge < -0.3 is 9.30 Å². The second kappa shape index (κ2) is 6.77. The molecule has 134 valence electrons. The van der Waals surface area contributed by atoms with E-state index in [1.807, 2.05) is 24.1 Å². The van der Waals surface area contributed by atoms with Crippen LogP contribution in [-0.4, -0.2) is 10.3 Å². The topological polar surface area (TPSA) is 14.2 Å². The molecule has 0 atom stereocenters. The maximum absolute atomic E-state index is 6.17. The quantitative estimate of drug-likeness (QED) is 0.314. The first-order chi connectivity index (χ1) is 13.2. The Balaban J connectivity index is 1.59. The average molecular weight is 436 g/mol. The highest BCUT2D eigenvalue weighted by molar-refractivity contribution is 9.10. The number of para-hydroxylation sites is 1. The van der Waals surface area contributed by atoms with Crippen LogP contribution in [0.1, 0.15) is 12.0 Å². The van der Waals surface area contributed by atoms with E-state index in [0.29, 0.717) is 0 Å². The van der Waals surface area contributed by atoms with Gasteiger partial charge in [0, 0.05) is 29.3 Å². The number of fused-ring (bicyclic) bond motifs is 4. The Morgan fingerprint density at radius 3 is 2.67 bits per heavy atom. The number of thioether (sulfide) groups is 1. The van der Waals surface area contributed by atoms with Crippen LogP contribution in [0.3, 0.4) is 0 Å². The van der Waals surface area contributed by atoms with Crippen LogP contribution in [0.25, 0.3) is 27.2 Å². The van der Waals surface area contributed by atoms with E-state index in [-0.39, 0.29) is 0 Å². The van der Waals surface area contributed by atoms with Crippen LogP contribution in [-0.2, 0) is 7.05 Å². The van der Waals surface area contributed by atoms with Gasteiger partial charge in [-0.3, -0.25) is 0 Å². The molecule has 1 aliphatic heterocycles. The van der Waals surface area contributed by atoms with E-state index in [2.05, 4.69) is 82.1 Å². The van der Waals surface area contributed by atoms with Crippen LogP contribution in [0.2, 0.25) is 0 Å². The summed E-state index contributed by atoms with van der Waals surface area (Å²) in [5.41, 5.74) is 3.86. The molecule has 0 amide bonds. The van der Waals surface area contributed by atoms with E-state index in [1.165, 1.54) is 37.8 Å². The fourth-order valence-electron chi connectivity index (χ4n) is 3.79. The van der Waals surface area contributed by atoms with Gasteiger partial charge in [0.15, 0.2) is 0 Å². The maximum Gasteiger partial charge on any atom is 0.141 e. The second-order valence-corrected chi connectivity index (χ2v) is 8.59. The Hall–Kier alpha value is -2.17. The van der Waals surface area contributed by atoms with Crippen molar-refractivity contribution in [2.75, 3.05) is 5.75 Å². The number of ether oxygens (including phenoxy) is 1. The largest absolute Gasteiger partial charge is 0.463 e. The van der Waals surface area contributed by atoms with Gasteiger partial charge in [0.2, 0.25) is 0 Å². The predicted molar refractivity (Wildman–Crippen MR) is 119 cm³/mol. The molecule has 0 aliphatic carbocycles. The first-order valence-electron chi connectivity index (χ1n) is 8.97. The number of aromatic nitrogens is 1. The molecule has 0 bridgehead atoms. The molecule has 0 unspecified atom stereocenters. The fourth-order valence-corrected chi connectivity index (χ4v) is 5.57. The van der Waals surface area contributed by atoms with Crippen molar-refractivity contribution < 1.29 is 4.74 Å². The maximum atomic E-state index is 6.17. The van der Waals surface area contributed by atoms with Crippen LogP contribution < -0.4 is 4.74 Å². The molecular weight excluding hydrogens is 418 g/mol. The number of halogens is 1. The summed E-state index contributed by atoms with van der Waals surface area (Å²) in [5.74, 6) is 1.92. The molecule has 2 nitrogen and oxygen atoms in total. The first-order valence-corrected chi connectivity index (χ1v) is 10.8. The zero-order valence-corrected chi connectivity index (χ0v) is 17.3. The van der Waals surface area contributed by atoms with Gasteiger partial charge in [0.1, 0.15) is 5.75 Å². The van der Waals surface area contributed by atoms with Crippen molar-refractivity contribution in [2.24, 2.45) is 7.05 Å². The van der Waals surface area contributed by atoms with Crippen molar-refractivity contribution in [3.05, 3.63) is 77.0 Å². The van der Waals surface area contributed by atoms with E-state index >= 15 is 0 Å². The summed E-state index contributed by atoms with van der Waals surface area (Å²) < 4.78 is 9.47. The molecule has 1 aliphatic rings. The van der Waals surface area contributed by atoms with Crippen LogP contribution in [0.15, 0.2) is 76.4 Å². The molecule has 3 aromatic carbocycles. The fraction of sp³-hybridized carbons (Fsp3) is 0.130. The van der Waals surface area contributed by atoms with Gasteiger partial charge in [-0.05, 0) is 50.8 Å². The normalized spacial score (nSPS) is 15.4. The van der Waals surface area contributed by atoms with Crippen molar-refractivity contribution >= 4 is 54.9 Å². The molecule has 0 N–H and O–H groups in total. The highest BCUT2D eigenvalue weighted by Gasteiger charge is 2.23. The van der Waals surface area contributed by atoms with E-state index in [0.717, 1.165) is 22.4 Å². The zero-order valence-electron chi connectivity index (χ0n) is 14.9. The van der Waals surface area contributed by atoms with E-state index in [4.69, 9.17) is 4.74 Å². The van der Waals surface area contributed by atoms with Crippen molar-refractivity contribution in [3.8, 4) is 5.75 Å². The van der Waals surface area contributed by atoms with Gasteiger partial charge in [0.25, 0.3) is 0 Å². The number of hydrogen-bond donors (Lipinski definition) is 0. The molecule has 27 heavy (non-hydrogen) atoms. The molecule has 0 saturated carbocycles. The van der Waals surface area contributed by atoms with Crippen LogP contribution >= 0.6 is 27.7 Å². The Morgan fingerprint density at radius 2 is 1.78 bits per heavy atom. The van der Waals surface area contributed by atoms with E-state index < -0.39 is 0 Å². The van der Waals surface area contributed by atoms with E-state index in [1.54, 1.807) is 0 Å². The molecule has 1 aromatic heterocycles. The van der Waals surface area contributed by atoms with Crippen molar-refractivity contribution in [1.82, 2.24) is 4.57 Å². The molecule has 4 aromatic rings. The number of nitrogens with zero attached hydrogens (tertiary/aromatic N) is 1. The lowest BCUT2D eigenvalue weighted by Crippen LogP contribution is -2.01. The van der Waals surface area contributed by atoms with E-state index in [9.17, 15) is 0 Å². The summed E-state index contributed by atoms with van der Waals surface area (Å²) in [6, 6.07) is 21.1. The Kier molecular flexibility index (Phi) is 4.25. The summed E-state index contributed by atoms with van der Waals surface area (Å²) in [6.45, 7) is 0. The third-order valence-electron chi connectivity index (χ3n) is 5.14. The van der Waals surface area contributed by atoms with Crippen LogP contribution in [0.4, 0.5) is 0 Å². The lowest BCUT2D eigenvalue weighted by molar-refractivity contribution is 0.479. The van der Waals surface area contributed by atoms with Crippen LogP contribution in [0.5, 0.6) is 5.75 Å². The molecular formula is C23H18BrNOS. The smallest absolute Gasteiger partial charge is 0.141 e. The SMILES string of the molecule is Cn1c2c(c3ccccc31)/C(=C/Oc1ccc3ccccc3c1Br)CCS2. The molecule has 0 saturated heterocycles. The summed E-state index contributed by atoms with van der Waals surface area (Å²) in [4.78, 5) is 0. The van der Waals surface area contributed by atoms with Crippen molar-refractivity contribution in [1.29, 1.82) is 0 Å². The van der Waals surface area contributed by atoms with Gasteiger partial charge in [-0.25, -0.2) is 0 Å². The third-order valence-corrected chi connectivity index (χ3v) is 7.12. The molecule has 2 heterocycles. The van der Waals surface area contributed by atoms with Gasteiger partial charge in [-0.1, -0.05) is 48.5 Å². The van der Waals surface area contributed by atoms with Crippen molar-refractivity contribution in [3.63, 3.8) is 0 Å². The summed E-state index contributed by atoms with van der Waals surface area (Å²) >= 11 is 5.65. The first kappa shape index (κ1) is 17.0. The lowest BCUT2D eigenvalue weighted by Gasteiger charge is -2.17. The van der Waals surface area contributed by atoms with Crippen molar-refractivity contribution in [2.45, 2.75) is 11.4 Å². The average Bonchev–Trinajstić information content (AvgIpc) is 3.01. The highest BCUT2D eigenvalue weighted by Crippen LogP contribution is 2.43. The minimum atomic E-state index is 0.848. The van der Waals surface area contributed by atoms with Gasteiger partial charge >= 0.3 is 0 Å². The highest BCUT2D eigenvalue weighted by atomic mass is 79.9. The van der Waals surface area contributed by atoms with Gasteiger partial charge in [-0.2, -0.15) is 0 Å². The molecule has 5 rings (SSSR count). The minimum absolute atomic E-state index is 0.848. The predicted octanol–water partition coefficient (Wildman–Crippen LogP) is 7.01. The standard InChI is InChI=1S/C23H18BrNOS/c1-25-19-9-5-4-8-18(19)21-16(12-13-27-23(21)25)14-26-20-11-10-15-6-2-3-7-17(15)22(20)24/h2-11,14H,12-13H2,1H3/b16-14+. The zero-order chi connectivity index (χ0) is 18.4. The summed E-state index contributed by atoms with van der Waals surface area (Å²) in [7, 11) is 2.15. The number of allylic oxidation sites excluding steroid dienone is 1. The van der Waals surface area contributed by atoms with Gasteiger partial charge in [-0.15, -0.1) is 11.8 Å².